The molecule has 0 fully saturated rings. The van der Waals surface area contributed by atoms with Gasteiger partial charge in [0.1, 0.15) is 0 Å². The summed E-state index contributed by atoms with van der Waals surface area (Å²) in [5, 5.41) is 21.8. The fourth-order valence-electron chi connectivity index (χ4n) is 1.77. The maximum absolute atomic E-state index is 10.6. The van der Waals surface area contributed by atoms with Gasteiger partial charge in [0, 0.05) is 12.1 Å². The van der Waals surface area contributed by atoms with Gasteiger partial charge in [-0.15, -0.1) is 0 Å². The van der Waals surface area contributed by atoms with Crippen molar-refractivity contribution >= 4 is 16.5 Å². The van der Waals surface area contributed by atoms with Crippen LogP contribution in [0.5, 0.6) is 0 Å². The lowest BCUT2D eigenvalue weighted by Crippen LogP contribution is -1.93. The van der Waals surface area contributed by atoms with Crippen LogP contribution in [0.4, 0.5) is 5.69 Å². The van der Waals surface area contributed by atoms with E-state index in [0.717, 1.165) is 16.3 Å². The average molecular weight is 217 g/mol. The van der Waals surface area contributed by atoms with Crippen LogP contribution in [0, 0.1) is 10.1 Å². The highest BCUT2D eigenvalue weighted by atomic mass is 16.6. The Labute approximate surface area is 92.3 Å². The van der Waals surface area contributed by atoms with Crippen molar-refractivity contribution in [2.24, 2.45) is 0 Å². The topological polar surface area (TPSA) is 63.4 Å². The summed E-state index contributed by atoms with van der Waals surface area (Å²) in [6.07, 6.45) is -0.579. The van der Waals surface area contributed by atoms with Gasteiger partial charge < -0.3 is 5.11 Å². The lowest BCUT2D eigenvalue weighted by molar-refractivity contribution is -0.384. The number of hydrogen-bond acceptors (Lipinski definition) is 3. The van der Waals surface area contributed by atoms with Crippen LogP contribution in [-0.4, -0.2) is 10.0 Å². The molecule has 0 radical (unpaired) electrons. The molecule has 82 valence electrons. The molecule has 0 aliphatic heterocycles. The highest BCUT2D eigenvalue weighted by molar-refractivity contribution is 5.87. The van der Waals surface area contributed by atoms with Gasteiger partial charge in [-0.1, -0.05) is 18.2 Å². The quantitative estimate of drug-likeness (QED) is 0.621. The SMILES string of the molecule is CC(O)c1cccc2cc([N+](=O)[O-])ccc12. The fraction of sp³-hybridized carbons (Fsp3) is 0.167. The Kier molecular flexibility index (Phi) is 2.58. The third kappa shape index (κ3) is 1.75. The lowest BCUT2D eigenvalue weighted by Gasteiger charge is -2.08. The molecule has 2 aromatic rings. The van der Waals surface area contributed by atoms with Crippen LogP contribution in [0.3, 0.4) is 0 Å². The predicted molar refractivity (Wildman–Crippen MR) is 61.2 cm³/mol. The van der Waals surface area contributed by atoms with Gasteiger partial charge in [-0.3, -0.25) is 10.1 Å². The normalized spacial score (nSPS) is 12.6. The van der Waals surface area contributed by atoms with E-state index in [0.29, 0.717) is 0 Å². The number of nitro benzene ring substituents is 1. The molecule has 1 atom stereocenters. The first kappa shape index (κ1) is 10.6. The van der Waals surface area contributed by atoms with Crippen molar-refractivity contribution in [3.63, 3.8) is 0 Å². The monoisotopic (exact) mass is 217 g/mol. The van der Waals surface area contributed by atoms with E-state index >= 15 is 0 Å². The molecule has 0 saturated heterocycles. The third-order valence-electron chi connectivity index (χ3n) is 2.56. The number of nitrogens with zero attached hydrogens (tertiary/aromatic N) is 1. The molecule has 0 aliphatic carbocycles. The predicted octanol–water partition coefficient (Wildman–Crippen LogP) is 2.80. The number of aliphatic hydroxyl groups excluding tert-OH is 1. The van der Waals surface area contributed by atoms with E-state index in [1.807, 2.05) is 6.07 Å². The zero-order valence-corrected chi connectivity index (χ0v) is 8.75. The number of rotatable bonds is 2. The van der Waals surface area contributed by atoms with Crippen LogP contribution in [0.25, 0.3) is 10.8 Å². The van der Waals surface area contributed by atoms with E-state index in [9.17, 15) is 15.2 Å². The second kappa shape index (κ2) is 3.90. The van der Waals surface area contributed by atoms with Gasteiger partial charge in [0.15, 0.2) is 0 Å². The highest BCUT2D eigenvalue weighted by Gasteiger charge is 2.10. The van der Waals surface area contributed by atoms with E-state index in [2.05, 4.69) is 0 Å². The van der Waals surface area contributed by atoms with Crippen molar-refractivity contribution in [1.29, 1.82) is 0 Å². The summed E-state index contributed by atoms with van der Waals surface area (Å²) in [4.78, 5) is 10.2. The number of non-ortho nitro benzene ring substituents is 1. The Morgan fingerprint density at radius 1 is 1.31 bits per heavy atom. The molecule has 2 rings (SSSR count). The Balaban J connectivity index is 2.68. The van der Waals surface area contributed by atoms with Crippen molar-refractivity contribution in [1.82, 2.24) is 0 Å². The zero-order valence-electron chi connectivity index (χ0n) is 8.75. The van der Waals surface area contributed by atoms with Crippen LogP contribution in [-0.2, 0) is 0 Å². The number of nitro groups is 1. The maximum atomic E-state index is 10.6. The number of aliphatic hydroxyl groups is 1. The molecule has 4 nitrogen and oxygen atoms in total. The van der Waals surface area contributed by atoms with Gasteiger partial charge in [0.05, 0.1) is 11.0 Å². The second-order valence-corrected chi connectivity index (χ2v) is 3.69. The molecule has 1 unspecified atom stereocenters. The molecule has 0 spiro atoms. The summed E-state index contributed by atoms with van der Waals surface area (Å²) in [5.74, 6) is 0. The summed E-state index contributed by atoms with van der Waals surface area (Å²) >= 11 is 0. The molecule has 0 aliphatic rings. The molecule has 1 N–H and O–H groups in total. The Morgan fingerprint density at radius 3 is 2.69 bits per heavy atom. The van der Waals surface area contributed by atoms with Crippen LogP contribution < -0.4 is 0 Å². The molecule has 0 bridgehead atoms. The largest absolute Gasteiger partial charge is 0.389 e. The van der Waals surface area contributed by atoms with Gasteiger partial charge in [0.25, 0.3) is 5.69 Å². The first-order valence-corrected chi connectivity index (χ1v) is 4.95. The van der Waals surface area contributed by atoms with Crippen molar-refractivity contribution in [2.75, 3.05) is 0 Å². The minimum Gasteiger partial charge on any atom is -0.389 e. The Morgan fingerprint density at radius 2 is 2.06 bits per heavy atom. The molecule has 16 heavy (non-hydrogen) atoms. The zero-order chi connectivity index (χ0) is 11.7. The van der Waals surface area contributed by atoms with Gasteiger partial charge in [-0.05, 0) is 29.3 Å². The standard InChI is InChI=1S/C12H11NO3/c1-8(14)11-4-2-3-9-7-10(13(15)16)5-6-12(9)11/h2-8,14H,1H3. The smallest absolute Gasteiger partial charge is 0.270 e. The molecule has 2 aromatic carbocycles. The first-order valence-electron chi connectivity index (χ1n) is 4.95. The molecule has 4 heteroatoms. The fourth-order valence-corrected chi connectivity index (χ4v) is 1.77. The summed E-state index contributed by atoms with van der Waals surface area (Å²) in [6.45, 7) is 1.68. The summed E-state index contributed by atoms with van der Waals surface area (Å²) in [5.41, 5.74) is 0.850. The number of hydrogen-bond donors (Lipinski definition) is 1. The number of benzene rings is 2. The van der Waals surface area contributed by atoms with E-state index in [1.54, 1.807) is 25.1 Å². The minimum absolute atomic E-state index is 0.0650. The summed E-state index contributed by atoms with van der Waals surface area (Å²) in [7, 11) is 0. The molecule has 0 aromatic heterocycles. The van der Waals surface area contributed by atoms with E-state index in [1.165, 1.54) is 12.1 Å². The van der Waals surface area contributed by atoms with Crippen molar-refractivity contribution < 1.29 is 10.0 Å². The van der Waals surface area contributed by atoms with Crippen molar-refractivity contribution in [3.8, 4) is 0 Å². The number of fused-ring (bicyclic) bond motifs is 1. The average Bonchev–Trinajstić information content (AvgIpc) is 2.27. The van der Waals surface area contributed by atoms with E-state index in [4.69, 9.17) is 0 Å². The summed E-state index contributed by atoms with van der Waals surface area (Å²) < 4.78 is 0. The van der Waals surface area contributed by atoms with Gasteiger partial charge in [-0.2, -0.15) is 0 Å². The van der Waals surface area contributed by atoms with Crippen LogP contribution >= 0.6 is 0 Å². The van der Waals surface area contributed by atoms with Crippen LogP contribution in [0.2, 0.25) is 0 Å². The van der Waals surface area contributed by atoms with Crippen molar-refractivity contribution in [3.05, 3.63) is 52.1 Å². The molecule has 0 saturated carbocycles. The first-order chi connectivity index (χ1) is 7.59. The van der Waals surface area contributed by atoms with E-state index < -0.39 is 11.0 Å². The lowest BCUT2D eigenvalue weighted by atomic mass is 10.0. The minimum atomic E-state index is -0.579. The maximum Gasteiger partial charge on any atom is 0.270 e. The summed E-state index contributed by atoms with van der Waals surface area (Å²) in [6, 6.07) is 10.0. The van der Waals surface area contributed by atoms with Crippen molar-refractivity contribution in [2.45, 2.75) is 13.0 Å². The molecular formula is C12H11NO3. The van der Waals surface area contributed by atoms with E-state index in [-0.39, 0.29) is 5.69 Å². The molecule has 0 amide bonds. The Bertz CT molecular complexity index is 549. The second-order valence-electron chi connectivity index (χ2n) is 3.69. The third-order valence-corrected chi connectivity index (χ3v) is 2.56. The van der Waals surface area contributed by atoms with Crippen LogP contribution in [0.15, 0.2) is 36.4 Å². The van der Waals surface area contributed by atoms with Gasteiger partial charge >= 0.3 is 0 Å². The van der Waals surface area contributed by atoms with Gasteiger partial charge in [-0.25, -0.2) is 0 Å². The highest BCUT2D eigenvalue weighted by Crippen LogP contribution is 2.27. The Hall–Kier alpha value is -1.94. The van der Waals surface area contributed by atoms with Gasteiger partial charge in [0.2, 0.25) is 0 Å². The molecule has 0 heterocycles. The van der Waals surface area contributed by atoms with Crippen LogP contribution in [0.1, 0.15) is 18.6 Å². The molecular weight excluding hydrogens is 206 g/mol.